The number of hydrogen-bond donors (Lipinski definition) is 4. The van der Waals surface area contributed by atoms with Gasteiger partial charge in [-0.3, -0.25) is 4.79 Å². The lowest BCUT2D eigenvalue weighted by Gasteiger charge is -2.34. The number of hydrogen-bond acceptors (Lipinski definition) is 8. The van der Waals surface area contributed by atoms with Gasteiger partial charge in [0.2, 0.25) is 0 Å². The molecule has 4 rings (SSSR count). The molecule has 0 amide bonds. The van der Waals surface area contributed by atoms with E-state index in [0.717, 1.165) is 42.9 Å². The molecule has 3 heterocycles. The first-order valence-corrected chi connectivity index (χ1v) is 10.7. The summed E-state index contributed by atoms with van der Waals surface area (Å²) in [5, 5.41) is 4.52. The largest absolute Gasteiger partial charge is 0.404 e. The summed E-state index contributed by atoms with van der Waals surface area (Å²) in [6.45, 7) is 7.54. The Hall–Kier alpha value is -4.11. The first-order chi connectivity index (χ1) is 15.9. The zero-order valence-corrected chi connectivity index (χ0v) is 18.6. The van der Waals surface area contributed by atoms with E-state index in [1.54, 1.807) is 12.3 Å². The van der Waals surface area contributed by atoms with Crippen LogP contribution in [0.4, 0.5) is 17.2 Å². The van der Waals surface area contributed by atoms with Gasteiger partial charge < -0.3 is 31.6 Å². The Morgan fingerprint density at radius 1 is 1.24 bits per heavy atom. The third-order valence-electron chi connectivity index (χ3n) is 5.58. The van der Waals surface area contributed by atoms with Crippen LogP contribution in [0.3, 0.4) is 0 Å². The predicted molar refractivity (Wildman–Crippen MR) is 136 cm³/mol. The highest BCUT2D eigenvalue weighted by Gasteiger charge is 2.16. The molecule has 0 saturated carbocycles. The molecule has 1 aromatic carbocycles. The maximum atomic E-state index is 12.7. The molecule has 1 aliphatic heterocycles. The average Bonchev–Trinajstić information content (AvgIpc) is 2.80. The number of benzene rings is 1. The molecule has 170 valence electrons. The van der Waals surface area contributed by atoms with E-state index in [4.69, 9.17) is 16.5 Å². The molecule has 2 aromatic heterocycles. The van der Waals surface area contributed by atoms with Crippen LogP contribution in [0.15, 0.2) is 71.0 Å². The fourth-order valence-corrected chi connectivity index (χ4v) is 3.78. The predicted octanol–water partition coefficient (Wildman–Crippen LogP) is 2.22. The minimum Gasteiger partial charge on any atom is -0.404 e. The monoisotopic (exact) mass is 444 g/mol. The van der Waals surface area contributed by atoms with Crippen LogP contribution in [0.2, 0.25) is 0 Å². The second-order valence-corrected chi connectivity index (χ2v) is 7.96. The lowest BCUT2D eigenvalue weighted by Crippen LogP contribution is -2.44. The molecule has 0 bridgehead atoms. The summed E-state index contributed by atoms with van der Waals surface area (Å²) >= 11 is 0. The summed E-state index contributed by atoms with van der Waals surface area (Å²) in [7, 11) is 2.13. The average molecular weight is 445 g/mol. The lowest BCUT2D eigenvalue weighted by atomic mass is 10.1. The Kier molecular flexibility index (Phi) is 6.41. The number of piperazine rings is 1. The SMILES string of the molecule is C=C(N)/N=C\C(=C/N)c1cc2cc[nH]c(=O)c2c(Nc2cccc(N3CCN(C)CC3)c2)n1. The molecule has 0 aliphatic carbocycles. The zero-order valence-electron chi connectivity index (χ0n) is 18.6. The van der Waals surface area contributed by atoms with Gasteiger partial charge in [0.15, 0.2) is 0 Å². The highest BCUT2D eigenvalue weighted by Crippen LogP contribution is 2.27. The number of anilines is 3. The molecule has 33 heavy (non-hydrogen) atoms. The highest BCUT2D eigenvalue weighted by atomic mass is 16.1. The molecule has 6 N–H and O–H groups in total. The van der Waals surface area contributed by atoms with E-state index in [2.05, 4.69) is 50.9 Å². The van der Waals surface area contributed by atoms with Crippen LogP contribution in [-0.2, 0) is 0 Å². The third kappa shape index (κ3) is 5.04. The minimum absolute atomic E-state index is 0.158. The van der Waals surface area contributed by atoms with Gasteiger partial charge in [-0.1, -0.05) is 12.6 Å². The van der Waals surface area contributed by atoms with Crippen LogP contribution >= 0.6 is 0 Å². The van der Waals surface area contributed by atoms with Crippen molar-refractivity contribution in [1.29, 1.82) is 0 Å². The van der Waals surface area contributed by atoms with Crippen molar-refractivity contribution in [2.24, 2.45) is 16.5 Å². The van der Waals surface area contributed by atoms with Crippen LogP contribution < -0.4 is 27.2 Å². The fraction of sp³-hybridized carbons (Fsp3) is 0.208. The molecule has 1 fully saturated rings. The van der Waals surface area contributed by atoms with Crippen molar-refractivity contribution < 1.29 is 0 Å². The summed E-state index contributed by atoms with van der Waals surface area (Å²) in [5.74, 6) is 0.588. The normalized spacial score (nSPS) is 15.3. The number of nitrogens with two attached hydrogens (primary N) is 2. The molecule has 0 spiro atoms. The number of pyridine rings is 2. The second-order valence-electron chi connectivity index (χ2n) is 7.96. The molecule has 0 unspecified atom stereocenters. The molecule has 0 radical (unpaired) electrons. The third-order valence-corrected chi connectivity index (χ3v) is 5.58. The van der Waals surface area contributed by atoms with Gasteiger partial charge in [-0.05, 0) is 42.8 Å². The fourth-order valence-electron chi connectivity index (χ4n) is 3.78. The summed E-state index contributed by atoms with van der Waals surface area (Å²) in [6.07, 6.45) is 4.50. The van der Waals surface area contributed by atoms with Gasteiger partial charge in [-0.2, -0.15) is 0 Å². The Balaban J connectivity index is 1.73. The molecule has 1 aliphatic rings. The number of aliphatic imine (C=N–C) groups is 1. The summed E-state index contributed by atoms with van der Waals surface area (Å²) < 4.78 is 0. The Morgan fingerprint density at radius 3 is 2.76 bits per heavy atom. The van der Waals surface area contributed by atoms with Crippen molar-refractivity contribution in [3.63, 3.8) is 0 Å². The molecular weight excluding hydrogens is 416 g/mol. The smallest absolute Gasteiger partial charge is 0.259 e. The number of likely N-dealkylation sites (N-methyl/N-ethyl adjacent to an activating group) is 1. The topological polar surface area (TPSA) is 129 Å². The van der Waals surface area contributed by atoms with Gasteiger partial charge >= 0.3 is 0 Å². The number of nitrogens with one attached hydrogen (secondary N) is 2. The van der Waals surface area contributed by atoms with Gasteiger partial charge in [0.1, 0.15) is 11.6 Å². The lowest BCUT2D eigenvalue weighted by molar-refractivity contribution is 0.313. The molecule has 9 nitrogen and oxygen atoms in total. The van der Waals surface area contributed by atoms with Crippen LogP contribution in [0.5, 0.6) is 0 Å². The minimum atomic E-state index is -0.230. The van der Waals surface area contributed by atoms with E-state index in [1.165, 1.54) is 12.4 Å². The summed E-state index contributed by atoms with van der Waals surface area (Å²) in [6, 6.07) is 11.7. The van der Waals surface area contributed by atoms with Gasteiger partial charge in [0.05, 0.1) is 11.1 Å². The number of aromatic nitrogens is 2. The first-order valence-electron chi connectivity index (χ1n) is 10.7. The van der Waals surface area contributed by atoms with Crippen molar-refractivity contribution in [3.05, 3.63) is 77.2 Å². The molecule has 9 heteroatoms. The second kappa shape index (κ2) is 9.58. The quantitative estimate of drug-likeness (QED) is 0.429. The van der Waals surface area contributed by atoms with E-state index < -0.39 is 0 Å². The zero-order chi connectivity index (χ0) is 23.4. The maximum absolute atomic E-state index is 12.7. The van der Waals surface area contributed by atoms with E-state index in [0.29, 0.717) is 22.5 Å². The Labute approximate surface area is 192 Å². The molecule has 1 saturated heterocycles. The van der Waals surface area contributed by atoms with Crippen LogP contribution in [0, 0.1) is 0 Å². The Morgan fingerprint density at radius 2 is 2.03 bits per heavy atom. The number of rotatable bonds is 6. The summed E-state index contributed by atoms with van der Waals surface area (Å²) in [5.41, 5.74) is 14.2. The van der Waals surface area contributed by atoms with Crippen LogP contribution in [-0.4, -0.2) is 54.3 Å². The van der Waals surface area contributed by atoms with Gasteiger partial charge in [-0.25, -0.2) is 9.98 Å². The van der Waals surface area contributed by atoms with Crippen molar-refractivity contribution in [3.8, 4) is 0 Å². The van der Waals surface area contributed by atoms with Crippen molar-refractivity contribution in [2.45, 2.75) is 0 Å². The maximum Gasteiger partial charge on any atom is 0.259 e. The van der Waals surface area contributed by atoms with E-state index in [1.807, 2.05) is 18.2 Å². The number of H-pyrrole nitrogens is 1. The van der Waals surface area contributed by atoms with E-state index in [-0.39, 0.29) is 11.4 Å². The van der Waals surface area contributed by atoms with Gasteiger partial charge in [-0.15, -0.1) is 0 Å². The molecule has 3 aromatic rings. The number of nitrogens with zero attached hydrogens (tertiary/aromatic N) is 4. The standard InChI is InChI=1S/C24H28N8O/c1-16(26)28-15-18(14-25)21-12-17-6-7-27-24(33)22(17)23(30-21)29-19-4-3-5-20(13-19)32-10-8-31(2)9-11-32/h3-7,12-15H,1,8-11,25-26H2,2H3,(H,27,33)(H,29,30)/b18-14+,28-15-. The first kappa shape index (κ1) is 22.1. The van der Waals surface area contributed by atoms with E-state index in [9.17, 15) is 4.79 Å². The summed E-state index contributed by atoms with van der Waals surface area (Å²) in [4.78, 5) is 28.8. The van der Waals surface area contributed by atoms with Gasteiger partial charge in [0.25, 0.3) is 5.56 Å². The van der Waals surface area contributed by atoms with Crippen molar-refractivity contribution in [2.75, 3.05) is 43.4 Å². The number of fused-ring (bicyclic) bond motifs is 1. The van der Waals surface area contributed by atoms with Crippen LogP contribution in [0.1, 0.15) is 5.69 Å². The molecular formula is C24H28N8O. The number of allylic oxidation sites excluding steroid dienone is 1. The number of aromatic amines is 1. The van der Waals surface area contributed by atoms with Crippen LogP contribution in [0.25, 0.3) is 16.3 Å². The Bertz CT molecular complexity index is 1290. The van der Waals surface area contributed by atoms with E-state index >= 15 is 0 Å². The van der Waals surface area contributed by atoms with Gasteiger partial charge in [0, 0.05) is 61.7 Å². The van der Waals surface area contributed by atoms with Crippen molar-refractivity contribution >= 4 is 39.8 Å². The van der Waals surface area contributed by atoms with Crippen molar-refractivity contribution in [1.82, 2.24) is 14.9 Å². The highest BCUT2D eigenvalue weighted by molar-refractivity contribution is 6.10. The molecule has 0 atom stereocenters.